The molecule has 1 aromatic carbocycles. The third-order valence-electron chi connectivity index (χ3n) is 3.01. The summed E-state index contributed by atoms with van der Waals surface area (Å²) < 4.78 is 18.0. The molecule has 1 heterocycles. The Morgan fingerprint density at radius 1 is 1.47 bits per heavy atom. The average molecular weight is 264 g/mol. The van der Waals surface area contributed by atoms with Crippen LogP contribution in [0.3, 0.4) is 0 Å². The summed E-state index contributed by atoms with van der Waals surface area (Å²) >= 11 is 0. The summed E-state index contributed by atoms with van der Waals surface area (Å²) in [5.74, 6) is -0.665. The van der Waals surface area contributed by atoms with Crippen LogP contribution in [-0.2, 0) is 9.53 Å². The highest BCUT2D eigenvalue weighted by atomic mass is 19.1. The molecule has 1 atom stereocenters. The summed E-state index contributed by atoms with van der Waals surface area (Å²) in [6, 6.07) is 6.30. The molecule has 1 aliphatic rings. The van der Waals surface area contributed by atoms with Gasteiger partial charge in [-0.3, -0.25) is 9.69 Å². The van der Waals surface area contributed by atoms with Gasteiger partial charge in [-0.2, -0.15) is 0 Å². The predicted octanol–water partition coefficient (Wildman–Crippen LogP) is 1.02. The van der Waals surface area contributed by atoms with Gasteiger partial charge in [0.05, 0.1) is 6.61 Å². The molecule has 0 radical (unpaired) electrons. The van der Waals surface area contributed by atoms with Crippen LogP contribution in [0.4, 0.5) is 4.39 Å². The number of hydrogen-bond donors (Lipinski definition) is 1. The van der Waals surface area contributed by atoms with Crippen molar-refractivity contribution in [1.29, 1.82) is 0 Å². The Bertz CT molecular complexity index is 459. The smallest absolute Gasteiger partial charge is 0.247 e. The number of halogens is 1. The molecule has 1 saturated heterocycles. The quantitative estimate of drug-likeness (QED) is 0.883. The largest absolute Gasteiger partial charge is 0.367 e. The van der Waals surface area contributed by atoms with Gasteiger partial charge in [-0.25, -0.2) is 4.39 Å². The highest BCUT2D eigenvalue weighted by molar-refractivity contribution is 5.79. The highest BCUT2D eigenvalue weighted by Gasteiger charge is 2.23. The molecule has 19 heavy (non-hydrogen) atoms. The lowest BCUT2D eigenvalue weighted by Gasteiger charge is -2.30. The van der Waals surface area contributed by atoms with Gasteiger partial charge < -0.3 is 10.5 Å². The third-order valence-corrected chi connectivity index (χ3v) is 3.01. The standard InChI is InChI=1S/C14H17FN2O2/c15-12-5-3-11(4-6-12)2-1-7-17-8-9-19-13(10-17)14(16)18/h1-6,13H,7-10H2,(H2,16,18)/b2-1+/t13-/m0/s1. The molecule has 1 aromatic rings. The maximum absolute atomic E-state index is 12.7. The first kappa shape index (κ1) is 13.7. The zero-order valence-electron chi connectivity index (χ0n) is 10.6. The van der Waals surface area contributed by atoms with Gasteiger partial charge in [-0.1, -0.05) is 24.3 Å². The Morgan fingerprint density at radius 2 is 2.21 bits per heavy atom. The maximum atomic E-state index is 12.7. The van der Waals surface area contributed by atoms with Gasteiger partial charge in [0.25, 0.3) is 0 Å². The minimum atomic E-state index is -0.520. The van der Waals surface area contributed by atoms with Gasteiger partial charge in [-0.15, -0.1) is 0 Å². The Balaban J connectivity index is 1.84. The van der Waals surface area contributed by atoms with E-state index in [-0.39, 0.29) is 5.82 Å². The van der Waals surface area contributed by atoms with E-state index in [4.69, 9.17) is 10.5 Å². The van der Waals surface area contributed by atoms with E-state index in [1.807, 2.05) is 12.2 Å². The minimum Gasteiger partial charge on any atom is -0.367 e. The van der Waals surface area contributed by atoms with E-state index in [1.165, 1.54) is 12.1 Å². The second-order valence-corrected chi connectivity index (χ2v) is 4.48. The number of benzene rings is 1. The fourth-order valence-electron chi connectivity index (χ4n) is 1.95. The first-order chi connectivity index (χ1) is 9.15. The lowest BCUT2D eigenvalue weighted by Crippen LogP contribution is -2.48. The van der Waals surface area contributed by atoms with Crippen molar-refractivity contribution in [2.45, 2.75) is 6.10 Å². The van der Waals surface area contributed by atoms with Crippen molar-refractivity contribution in [3.05, 3.63) is 41.7 Å². The van der Waals surface area contributed by atoms with E-state index in [1.54, 1.807) is 12.1 Å². The maximum Gasteiger partial charge on any atom is 0.247 e. The van der Waals surface area contributed by atoms with Crippen LogP contribution < -0.4 is 5.73 Å². The summed E-state index contributed by atoms with van der Waals surface area (Å²) in [4.78, 5) is 13.1. The molecule has 5 heteroatoms. The average Bonchev–Trinajstić information content (AvgIpc) is 2.41. The van der Waals surface area contributed by atoms with E-state index in [0.29, 0.717) is 19.7 Å². The summed E-state index contributed by atoms with van der Waals surface area (Å²) in [5.41, 5.74) is 6.16. The molecule has 1 fully saturated rings. The van der Waals surface area contributed by atoms with E-state index >= 15 is 0 Å². The molecular formula is C14H17FN2O2. The normalized spacial score (nSPS) is 20.8. The van der Waals surface area contributed by atoms with Gasteiger partial charge >= 0.3 is 0 Å². The van der Waals surface area contributed by atoms with Crippen LogP contribution in [0.1, 0.15) is 5.56 Å². The van der Waals surface area contributed by atoms with Crippen LogP contribution in [0.15, 0.2) is 30.3 Å². The molecule has 2 N–H and O–H groups in total. The Morgan fingerprint density at radius 3 is 2.89 bits per heavy atom. The summed E-state index contributed by atoms with van der Waals surface area (Å²) in [7, 11) is 0. The monoisotopic (exact) mass is 264 g/mol. The lowest BCUT2D eigenvalue weighted by atomic mass is 10.2. The summed E-state index contributed by atoms with van der Waals surface area (Å²) in [6.07, 6.45) is 3.39. The van der Waals surface area contributed by atoms with Crippen molar-refractivity contribution < 1.29 is 13.9 Å². The number of rotatable bonds is 4. The van der Waals surface area contributed by atoms with Gasteiger partial charge in [-0.05, 0) is 17.7 Å². The molecule has 4 nitrogen and oxygen atoms in total. The zero-order chi connectivity index (χ0) is 13.7. The number of nitrogens with two attached hydrogens (primary N) is 1. The number of ether oxygens (including phenoxy) is 1. The molecular weight excluding hydrogens is 247 g/mol. The van der Waals surface area contributed by atoms with E-state index < -0.39 is 12.0 Å². The molecule has 2 rings (SSSR count). The van der Waals surface area contributed by atoms with Gasteiger partial charge in [0.1, 0.15) is 11.9 Å². The molecule has 0 spiro atoms. The minimum absolute atomic E-state index is 0.241. The topological polar surface area (TPSA) is 55.6 Å². The van der Waals surface area contributed by atoms with Crippen molar-refractivity contribution in [3.63, 3.8) is 0 Å². The molecule has 0 saturated carbocycles. The Hall–Kier alpha value is -1.72. The highest BCUT2D eigenvalue weighted by Crippen LogP contribution is 2.07. The van der Waals surface area contributed by atoms with Gasteiger partial charge in [0.2, 0.25) is 5.91 Å². The van der Waals surface area contributed by atoms with Crippen molar-refractivity contribution in [1.82, 2.24) is 4.90 Å². The number of morpholine rings is 1. The van der Waals surface area contributed by atoms with E-state index in [9.17, 15) is 9.18 Å². The molecule has 102 valence electrons. The number of carbonyl (C=O) groups excluding carboxylic acids is 1. The van der Waals surface area contributed by atoms with Crippen LogP contribution in [0.2, 0.25) is 0 Å². The summed E-state index contributed by atoms with van der Waals surface area (Å²) in [6.45, 7) is 2.52. The summed E-state index contributed by atoms with van der Waals surface area (Å²) in [5, 5.41) is 0. The van der Waals surface area contributed by atoms with Gasteiger partial charge in [0.15, 0.2) is 0 Å². The second kappa shape index (κ2) is 6.45. The molecule has 0 aromatic heterocycles. The fraction of sp³-hybridized carbons (Fsp3) is 0.357. The van der Waals surface area contributed by atoms with Crippen molar-refractivity contribution in [2.24, 2.45) is 5.73 Å². The molecule has 0 unspecified atom stereocenters. The van der Waals surface area contributed by atoms with Crippen LogP contribution in [0.25, 0.3) is 6.08 Å². The first-order valence-electron chi connectivity index (χ1n) is 6.20. The van der Waals surface area contributed by atoms with Gasteiger partial charge in [0, 0.05) is 19.6 Å². The SMILES string of the molecule is NC(=O)[C@@H]1CN(C/C=C/c2ccc(F)cc2)CCO1. The van der Waals surface area contributed by atoms with Crippen LogP contribution >= 0.6 is 0 Å². The Kier molecular flexibility index (Phi) is 4.65. The number of carbonyl (C=O) groups is 1. The van der Waals surface area contributed by atoms with Crippen LogP contribution in [0.5, 0.6) is 0 Å². The first-order valence-corrected chi connectivity index (χ1v) is 6.20. The van der Waals surface area contributed by atoms with Crippen LogP contribution in [0, 0.1) is 5.82 Å². The predicted molar refractivity (Wildman–Crippen MR) is 70.8 cm³/mol. The number of hydrogen-bond acceptors (Lipinski definition) is 3. The second-order valence-electron chi connectivity index (χ2n) is 4.48. The molecule has 0 bridgehead atoms. The number of primary amides is 1. The van der Waals surface area contributed by atoms with Crippen molar-refractivity contribution in [2.75, 3.05) is 26.2 Å². The van der Waals surface area contributed by atoms with Crippen molar-refractivity contribution in [3.8, 4) is 0 Å². The Labute approximate surface area is 111 Å². The van der Waals surface area contributed by atoms with E-state index in [0.717, 1.165) is 12.1 Å². The number of nitrogens with zero attached hydrogens (tertiary/aromatic N) is 1. The molecule has 0 aliphatic carbocycles. The van der Waals surface area contributed by atoms with Crippen LogP contribution in [-0.4, -0.2) is 43.2 Å². The fourth-order valence-corrected chi connectivity index (χ4v) is 1.95. The number of amides is 1. The molecule has 1 aliphatic heterocycles. The van der Waals surface area contributed by atoms with E-state index in [2.05, 4.69) is 4.90 Å². The third kappa shape index (κ3) is 4.15. The lowest BCUT2D eigenvalue weighted by molar-refractivity contribution is -0.134. The molecule has 1 amide bonds. The van der Waals surface area contributed by atoms with Crippen molar-refractivity contribution >= 4 is 12.0 Å². The zero-order valence-corrected chi connectivity index (χ0v) is 10.6.